The first-order valence-corrected chi connectivity index (χ1v) is 11.6. The first kappa shape index (κ1) is 23.8. The number of pyridine rings is 1. The number of likely N-dealkylation sites (tertiary alicyclic amines) is 2. The average Bonchev–Trinajstić information content (AvgIpc) is 3.32. The number of nitrogens with zero attached hydrogens (tertiary/aromatic N) is 4. The second kappa shape index (κ2) is 10.3. The summed E-state index contributed by atoms with van der Waals surface area (Å²) in [6, 6.07) is 8.13. The molecule has 4 rings (SSSR count). The van der Waals surface area contributed by atoms with Crippen LogP contribution >= 0.6 is 0 Å². The van der Waals surface area contributed by atoms with E-state index < -0.39 is 5.82 Å². The minimum Gasteiger partial charge on any atom is -0.486 e. The maximum absolute atomic E-state index is 14.6. The fourth-order valence-corrected chi connectivity index (χ4v) is 3.98. The van der Waals surface area contributed by atoms with Gasteiger partial charge in [-0.05, 0) is 37.1 Å². The van der Waals surface area contributed by atoms with Crippen LogP contribution in [0.1, 0.15) is 37.0 Å². The lowest BCUT2D eigenvalue weighted by molar-refractivity contribution is -0.121. The zero-order chi connectivity index (χ0) is 24.2. The topological polar surface area (TPSA) is 101 Å². The van der Waals surface area contributed by atoms with E-state index in [1.807, 2.05) is 18.7 Å². The minimum absolute atomic E-state index is 0.0405. The highest BCUT2D eigenvalue weighted by Gasteiger charge is 2.30. The highest BCUT2D eigenvalue weighted by molar-refractivity contribution is 5.95. The largest absolute Gasteiger partial charge is 0.486 e. The molecule has 2 amide bonds. The number of aliphatic imine (C=N–C) groups is 1. The molecule has 2 N–H and O–H groups in total. The highest BCUT2D eigenvalue weighted by atomic mass is 19.1. The standard InChI is InChI=1S/C25H30FN5O3/c1-16(2)24(27)29-23(32)15-30-13-19(14-30)34-18-6-8-22(28-12-18)17-5-7-20(21(26)11-17)25(33)31-9-3-4-10-31/h5-8,11-12,16,19H,3-4,9-10,13-15H2,1-2H3,(H2,27,29,32). The number of halogens is 1. The Hall–Kier alpha value is -3.33. The Labute approximate surface area is 198 Å². The molecule has 0 unspecified atom stereocenters. The van der Waals surface area contributed by atoms with E-state index in [-0.39, 0.29) is 35.9 Å². The van der Waals surface area contributed by atoms with Gasteiger partial charge in [0.25, 0.3) is 11.8 Å². The lowest BCUT2D eigenvalue weighted by Gasteiger charge is -2.38. The molecule has 0 atom stereocenters. The van der Waals surface area contributed by atoms with Crippen molar-refractivity contribution in [1.29, 1.82) is 0 Å². The number of carbonyl (C=O) groups is 2. The van der Waals surface area contributed by atoms with E-state index in [0.717, 1.165) is 12.8 Å². The summed E-state index contributed by atoms with van der Waals surface area (Å²) in [6.07, 6.45) is 3.48. The molecule has 180 valence electrons. The second-order valence-electron chi connectivity index (χ2n) is 9.09. The number of amides is 2. The minimum atomic E-state index is -0.542. The summed E-state index contributed by atoms with van der Waals surface area (Å²) >= 11 is 0. The van der Waals surface area contributed by atoms with Crippen molar-refractivity contribution in [2.75, 3.05) is 32.7 Å². The number of amidine groups is 1. The van der Waals surface area contributed by atoms with Crippen molar-refractivity contribution in [3.05, 3.63) is 47.9 Å². The number of hydrogen-bond donors (Lipinski definition) is 1. The van der Waals surface area contributed by atoms with Crippen molar-refractivity contribution in [3.63, 3.8) is 0 Å². The monoisotopic (exact) mass is 467 g/mol. The molecule has 8 nitrogen and oxygen atoms in total. The van der Waals surface area contributed by atoms with E-state index >= 15 is 0 Å². The Bertz CT molecular complexity index is 1070. The normalized spacial score (nSPS) is 17.2. The van der Waals surface area contributed by atoms with Gasteiger partial charge in [0, 0.05) is 37.7 Å². The van der Waals surface area contributed by atoms with Crippen LogP contribution in [0, 0.1) is 11.7 Å². The molecule has 0 radical (unpaired) electrons. The molecular weight excluding hydrogens is 437 g/mol. The number of carbonyl (C=O) groups excluding carboxylic acids is 2. The van der Waals surface area contributed by atoms with Gasteiger partial charge in [-0.2, -0.15) is 4.99 Å². The van der Waals surface area contributed by atoms with Crippen molar-refractivity contribution in [1.82, 2.24) is 14.8 Å². The number of aromatic nitrogens is 1. The summed E-state index contributed by atoms with van der Waals surface area (Å²) in [5.74, 6) is -0.0695. The van der Waals surface area contributed by atoms with E-state index in [1.165, 1.54) is 12.1 Å². The smallest absolute Gasteiger partial charge is 0.261 e. The second-order valence-corrected chi connectivity index (χ2v) is 9.09. The maximum atomic E-state index is 14.6. The van der Waals surface area contributed by atoms with Gasteiger partial charge in [-0.15, -0.1) is 0 Å². The summed E-state index contributed by atoms with van der Waals surface area (Å²) in [7, 11) is 0. The molecule has 0 spiro atoms. The molecule has 3 heterocycles. The Balaban J connectivity index is 1.29. The lowest BCUT2D eigenvalue weighted by atomic mass is 10.1. The molecule has 0 bridgehead atoms. The van der Waals surface area contributed by atoms with Gasteiger partial charge >= 0.3 is 0 Å². The summed E-state index contributed by atoms with van der Waals surface area (Å²) < 4.78 is 20.5. The fraction of sp³-hybridized carbons (Fsp3) is 0.440. The number of rotatable bonds is 7. The van der Waals surface area contributed by atoms with Gasteiger partial charge in [-0.3, -0.25) is 19.5 Å². The molecule has 34 heavy (non-hydrogen) atoms. The maximum Gasteiger partial charge on any atom is 0.261 e. The van der Waals surface area contributed by atoms with Gasteiger partial charge in [0.2, 0.25) is 0 Å². The molecule has 1 aromatic heterocycles. The molecular formula is C25H30FN5O3. The van der Waals surface area contributed by atoms with Crippen LogP contribution in [0.25, 0.3) is 11.3 Å². The quantitative estimate of drug-likeness (QED) is 0.496. The van der Waals surface area contributed by atoms with E-state index in [4.69, 9.17) is 10.5 Å². The third-order valence-corrected chi connectivity index (χ3v) is 6.06. The van der Waals surface area contributed by atoms with E-state index in [1.54, 1.807) is 29.3 Å². The molecule has 9 heteroatoms. The Morgan fingerprint density at radius 1 is 1.21 bits per heavy atom. The highest BCUT2D eigenvalue weighted by Crippen LogP contribution is 2.25. The predicted molar refractivity (Wildman–Crippen MR) is 127 cm³/mol. The Kier molecular flexibility index (Phi) is 7.21. The molecule has 1 aromatic carbocycles. The van der Waals surface area contributed by atoms with Crippen molar-refractivity contribution >= 4 is 17.6 Å². The Morgan fingerprint density at radius 3 is 2.56 bits per heavy atom. The van der Waals surface area contributed by atoms with Crippen molar-refractivity contribution in [3.8, 4) is 17.0 Å². The van der Waals surface area contributed by atoms with Crippen LogP contribution in [0.4, 0.5) is 4.39 Å². The number of hydrogen-bond acceptors (Lipinski definition) is 5. The zero-order valence-corrected chi connectivity index (χ0v) is 19.5. The SMILES string of the molecule is CC(C)C(N)=NC(=O)CN1CC(Oc2ccc(-c3ccc(C(=O)N4CCCC4)c(F)c3)nc2)C1. The van der Waals surface area contributed by atoms with Gasteiger partial charge in [0.1, 0.15) is 23.5 Å². The van der Waals surface area contributed by atoms with Crippen molar-refractivity contribution < 1.29 is 18.7 Å². The van der Waals surface area contributed by atoms with Crippen LogP contribution in [0.3, 0.4) is 0 Å². The van der Waals surface area contributed by atoms with Crippen LogP contribution in [-0.4, -0.2) is 71.3 Å². The molecule has 0 saturated carbocycles. The van der Waals surface area contributed by atoms with E-state index in [2.05, 4.69) is 9.98 Å². The molecule has 0 aliphatic carbocycles. The fourth-order valence-electron chi connectivity index (χ4n) is 3.98. The number of ether oxygens (including phenoxy) is 1. The molecule has 2 aromatic rings. The van der Waals surface area contributed by atoms with Crippen molar-refractivity contribution in [2.45, 2.75) is 32.8 Å². The van der Waals surface area contributed by atoms with Gasteiger partial charge in [-0.1, -0.05) is 19.9 Å². The Morgan fingerprint density at radius 2 is 1.94 bits per heavy atom. The van der Waals surface area contributed by atoms with Gasteiger partial charge in [0.05, 0.1) is 24.0 Å². The first-order chi connectivity index (χ1) is 16.3. The van der Waals surface area contributed by atoms with Gasteiger partial charge in [0.15, 0.2) is 0 Å². The molecule has 2 aliphatic rings. The molecule has 2 fully saturated rings. The summed E-state index contributed by atoms with van der Waals surface area (Å²) in [5.41, 5.74) is 7.01. The lowest BCUT2D eigenvalue weighted by Crippen LogP contribution is -2.55. The van der Waals surface area contributed by atoms with E-state index in [9.17, 15) is 14.0 Å². The van der Waals surface area contributed by atoms with Crippen LogP contribution in [0.15, 0.2) is 41.5 Å². The first-order valence-electron chi connectivity index (χ1n) is 11.6. The third-order valence-electron chi connectivity index (χ3n) is 6.06. The van der Waals surface area contributed by atoms with Gasteiger partial charge < -0.3 is 15.4 Å². The van der Waals surface area contributed by atoms with Crippen LogP contribution < -0.4 is 10.5 Å². The van der Waals surface area contributed by atoms with Crippen LogP contribution in [-0.2, 0) is 4.79 Å². The van der Waals surface area contributed by atoms with Crippen LogP contribution in [0.2, 0.25) is 0 Å². The van der Waals surface area contributed by atoms with Crippen molar-refractivity contribution in [2.24, 2.45) is 16.6 Å². The predicted octanol–water partition coefficient (Wildman–Crippen LogP) is 2.73. The summed E-state index contributed by atoms with van der Waals surface area (Å²) in [5, 5.41) is 0. The number of benzene rings is 1. The summed E-state index contributed by atoms with van der Waals surface area (Å²) in [6.45, 7) is 6.58. The average molecular weight is 468 g/mol. The van der Waals surface area contributed by atoms with Crippen LogP contribution in [0.5, 0.6) is 5.75 Å². The van der Waals surface area contributed by atoms with E-state index in [0.29, 0.717) is 49.0 Å². The van der Waals surface area contributed by atoms with Gasteiger partial charge in [-0.25, -0.2) is 4.39 Å². The number of nitrogens with two attached hydrogens (primary N) is 1. The zero-order valence-electron chi connectivity index (χ0n) is 19.5. The third kappa shape index (κ3) is 5.59. The summed E-state index contributed by atoms with van der Waals surface area (Å²) in [4.78, 5) is 36.3. The molecule has 2 aliphatic heterocycles. The molecule has 2 saturated heterocycles.